The molecule has 0 spiro atoms. The molecule has 2 aliphatic carbocycles. The maximum Gasteiger partial charge on any atom is 0.123 e. The van der Waals surface area contributed by atoms with Crippen molar-refractivity contribution in [2.24, 2.45) is 0 Å². The molecule has 17 heavy (non-hydrogen) atoms. The number of aryl methyl sites for hydroxylation is 4. The largest absolute Gasteiger partial charge is 0.207 e. The van der Waals surface area contributed by atoms with Crippen LogP contribution in [0.15, 0.2) is 30.3 Å². The molecule has 0 bridgehead atoms. The van der Waals surface area contributed by atoms with Crippen molar-refractivity contribution in [2.45, 2.75) is 25.7 Å². The molecule has 0 atom stereocenters. The van der Waals surface area contributed by atoms with Crippen LogP contribution in [0.2, 0.25) is 0 Å². The minimum absolute atomic E-state index is 0.0680. The van der Waals surface area contributed by atoms with E-state index in [4.69, 9.17) is 0 Å². The van der Waals surface area contributed by atoms with Gasteiger partial charge in [-0.3, -0.25) is 0 Å². The van der Waals surface area contributed by atoms with Crippen LogP contribution in [0.4, 0.5) is 4.39 Å². The van der Waals surface area contributed by atoms with E-state index in [2.05, 4.69) is 18.2 Å². The summed E-state index contributed by atoms with van der Waals surface area (Å²) in [7, 11) is 0. The lowest BCUT2D eigenvalue weighted by molar-refractivity contribution is 0.621. The van der Waals surface area contributed by atoms with Gasteiger partial charge in [0, 0.05) is 0 Å². The summed E-state index contributed by atoms with van der Waals surface area (Å²) in [5.74, 6) is -0.0680. The first-order valence-electron chi connectivity index (χ1n) is 6.25. The molecule has 0 aromatic heterocycles. The molecule has 4 rings (SSSR count). The van der Waals surface area contributed by atoms with Crippen LogP contribution in [-0.4, -0.2) is 0 Å². The SMILES string of the molecule is Fc1cc2c3c(c1)CCc1cccc(c1-3)CC2. The van der Waals surface area contributed by atoms with Crippen molar-refractivity contribution in [2.75, 3.05) is 0 Å². The molecule has 0 saturated carbocycles. The van der Waals surface area contributed by atoms with Crippen LogP contribution in [0.25, 0.3) is 11.1 Å². The van der Waals surface area contributed by atoms with E-state index in [-0.39, 0.29) is 5.82 Å². The lowest BCUT2D eigenvalue weighted by Crippen LogP contribution is -2.14. The zero-order valence-electron chi connectivity index (χ0n) is 9.59. The van der Waals surface area contributed by atoms with Gasteiger partial charge in [0.15, 0.2) is 0 Å². The van der Waals surface area contributed by atoms with Crippen LogP contribution in [0.5, 0.6) is 0 Å². The molecular formula is C16H13F. The molecule has 0 fully saturated rings. The van der Waals surface area contributed by atoms with E-state index in [1.807, 2.05) is 0 Å². The minimum atomic E-state index is -0.0680. The molecule has 0 unspecified atom stereocenters. The summed E-state index contributed by atoms with van der Waals surface area (Å²) in [5.41, 5.74) is 8.06. The molecule has 0 aliphatic heterocycles. The van der Waals surface area contributed by atoms with E-state index in [9.17, 15) is 4.39 Å². The number of halogens is 1. The molecule has 0 nitrogen and oxygen atoms in total. The fourth-order valence-corrected chi connectivity index (χ4v) is 3.37. The van der Waals surface area contributed by atoms with Gasteiger partial charge in [0.25, 0.3) is 0 Å². The van der Waals surface area contributed by atoms with Gasteiger partial charge in [0.2, 0.25) is 0 Å². The molecule has 1 heteroatoms. The highest BCUT2D eigenvalue weighted by Gasteiger charge is 2.25. The average Bonchev–Trinajstić information content (AvgIpc) is 2.35. The Hall–Kier alpha value is -1.63. The highest BCUT2D eigenvalue weighted by molar-refractivity contribution is 5.80. The summed E-state index contributed by atoms with van der Waals surface area (Å²) < 4.78 is 13.5. The summed E-state index contributed by atoms with van der Waals surface area (Å²) in [5, 5.41) is 0. The predicted octanol–water partition coefficient (Wildman–Crippen LogP) is 3.69. The Bertz CT molecular complexity index is 578. The summed E-state index contributed by atoms with van der Waals surface area (Å²) in [6, 6.07) is 10.1. The van der Waals surface area contributed by atoms with Crippen LogP contribution in [0, 0.1) is 5.82 Å². The van der Waals surface area contributed by atoms with E-state index in [1.54, 1.807) is 12.1 Å². The fourth-order valence-electron chi connectivity index (χ4n) is 3.37. The summed E-state index contributed by atoms with van der Waals surface area (Å²) >= 11 is 0. The first kappa shape index (κ1) is 9.41. The van der Waals surface area contributed by atoms with Crippen LogP contribution in [0.1, 0.15) is 22.3 Å². The van der Waals surface area contributed by atoms with E-state index >= 15 is 0 Å². The normalized spacial score (nSPS) is 15.6. The van der Waals surface area contributed by atoms with Gasteiger partial charge in [0.05, 0.1) is 0 Å². The Balaban J connectivity index is 2.12. The molecule has 2 aromatic rings. The van der Waals surface area contributed by atoms with Gasteiger partial charge in [-0.2, -0.15) is 0 Å². The second-order valence-electron chi connectivity index (χ2n) is 5.05. The standard InChI is InChI=1S/C16H13F/c17-14-8-12-6-4-10-2-1-3-11-5-7-13(9-14)16(12)15(10)11/h1-3,8-9H,4-7H2. The van der Waals surface area contributed by atoms with Crippen molar-refractivity contribution in [1.82, 2.24) is 0 Å². The molecule has 0 amide bonds. The quantitative estimate of drug-likeness (QED) is 0.640. The van der Waals surface area contributed by atoms with Crippen LogP contribution < -0.4 is 0 Å². The zero-order valence-corrected chi connectivity index (χ0v) is 9.59. The maximum absolute atomic E-state index is 13.5. The Morgan fingerprint density at radius 2 is 1.18 bits per heavy atom. The van der Waals surface area contributed by atoms with E-state index in [0.717, 1.165) is 25.7 Å². The zero-order chi connectivity index (χ0) is 11.4. The Morgan fingerprint density at radius 1 is 0.706 bits per heavy atom. The van der Waals surface area contributed by atoms with Crippen molar-refractivity contribution in [3.05, 3.63) is 58.4 Å². The van der Waals surface area contributed by atoms with E-state index in [0.29, 0.717) is 0 Å². The minimum Gasteiger partial charge on any atom is -0.207 e. The van der Waals surface area contributed by atoms with Crippen molar-refractivity contribution >= 4 is 0 Å². The van der Waals surface area contributed by atoms with Crippen molar-refractivity contribution < 1.29 is 4.39 Å². The first-order valence-corrected chi connectivity index (χ1v) is 6.25. The molecule has 0 N–H and O–H groups in total. The van der Waals surface area contributed by atoms with Gasteiger partial charge < -0.3 is 0 Å². The molecule has 0 radical (unpaired) electrons. The first-order chi connectivity index (χ1) is 8.33. The molecule has 2 aliphatic rings. The number of hydrogen-bond donors (Lipinski definition) is 0. The Kier molecular flexibility index (Phi) is 1.77. The molecule has 84 valence electrons. The number of rotatable bonds is 0. The second-order valence-corrected chi connectivity index (χ2v) is 5.05. The van der Waals surface area contributed by atoms with E-state index < -0.39 is 0 Å². The average molecular weight is 224 g/mol. The van der Waals surface area contributed by atoms with Gasteiger partial charge in [-0.15, -0.1) is 0 Å². The highest BCUT2D eigenvalue weighted by atomic mass is 19.1. The third-order valence-corrected chi connectivity index (χ3v) is 4.08. The highest BCUT2D eigenvalue weighted by Crippen LogP contribution is 2.42. The monoisotopic (exact) mass is 224 g/mol. The predicted molar refractivity (Wildman–Crippen MR) is 66.7 cm³/mol. The molecule has 0 heterocycles. The van der Waals surface area contributed by atoms with Gasteiger partial charge in [-0.05, 0) is 71.2 Å². The number of hydrogen-bond acceptors (Lipinski definition) is 0. The van der Waals surface area contributed by atoms with Crippen molar-refractivity contribution in [3.63, 3.8) is 0 Å². The lowest BCUT2D eigenvalue weighted by atomic mass is 9.75. The molecular weight excluding hydrogens is 211 g/mol. The summed E-state index contributed by atoms with van der Waals surface area (Å²) in [6.07, 6.45) is 4.07. The fraction of sp³-hybridized carbons (Fsp3) is 0.250. The maximum atomic E-state index is 13.5. The van der Waals surface area contributed by atoms with Crippen LogP contribution in [-0.2, 0) is 25.7 Å². The van der Waals surface area contributed by atoms with Gasteiger partial charge in [-0.1, -0.05) is 18.2 Å². The van der Waals surface area contributed by atoms with Crippen LogP contribution in [0.3, 0.4) is 0 Å². The molecule has 0 saturated heterocycles. The second kappa shape index (κ2) is 3.19. The summed E-state index contributed by atoms with van der Waals surface area (Å²) in [4.78, 5) is 0. The van der Waals surface area contributed by atoms with Crippen LogP contribution >= 0.6 is 0 Å². The van der Waals surface area contributed by atoms with Gasteiger partial charge in [0.1, 0.15) is 5.82 Å². The third kappa shape index (κ3) is 1.22. The smallest absolute Gasteiger partial charge is 0.123 e. The number of benzene rings is 2. The van der Waals surface area contributed by atoms with E-state index in [1.165, 1.54) is 33.4 Å². The topological polar surface area (TPSA) is 0 Å². The molecule has 2 aromatic carbocycles. The van der Waals surface area contributed by atoms with Gasteiger partial charge in [-0.25, -0.2) is 4.39 Å². The van der Waals surface area contributed by atoms with Crippen molar-refractivity contribution in [1.29, 1.82) is 0 Å². The summed E-state index contributed by atoms with van der Waals surface area (Å²) in [6.45, 7) is 0. The Morgan fingerprint density at radius 3 is 1.76 bits per heavy atom. The Labute approximate surface area is 100 Å². The lowest BCUT2D eigenvalue weighted by Gasteiger charge is -2.29. The van der Waals surface area contributed by atoms with Gasteiger partial charge >= 0.3 is 0 Å². The third-order valence-electron chi connectivity index (χ3n) is 4.08. The van der Waals surface area contributed by atoms with Crippen molar-refractivity contribution in [3.8, 4) is 11.1 Å².